The largest absolute Gasteiger partial charge is 0.394 e. The van der Waals surface area contributed by atoms with Gasteiger partial charge in [-0.2, -0.15) is 0 Å². The van der Waals surface area contributed by atoms with Crippen LogP contribution in [0.5, 0.6) is 0 Å². The molecular formula is C10H11N3O. The number of aliphatic hydroxyl groups is 1. The van der Waals surface area contributed by atoms with Crippen molar-refractivity contribution in [2.45, 2.75) is 6.04 Å². The fourth-order valence-corrected chi connectivity index (χ4v) is 1.42. The fourth-order valence-electron chi connectivity index (χ4n) is 1.42. The Labute approximate surface area is 81.8 Å². The maximum absolute atomic E-state index is 9.27. The van der Waals surface area contributed by atoms with Crippen LogP contribution >= 0.6 is 0 Å². The third kappa shape index (κ3) is 1.65. The summed E-state index contributed by atoms with van der Waals surface area (Å²) in [6, 6.07) is 9.70. The molecule has 0 unspecified atom stereocenters. The Kier molecular flexibility index (Phi) is 2.55. The van der Waals surface area contributed by atoms with Gasteiger partial charge in [-0.1, -0.05) is 30.3 Å². The molecule has 2 aromatic rings. The van der Waals surface area contributed by atoms with E-state index in [-0.39, 0.29) is 12.6 Å². The first-order valence-corrected chi connectivity index (χ1v) is 4.41. The molecule has 0 saturated carbocycles. The van der Waals surface area contributed by atoms with Gasteiger partial charge in [0.05, 0.1) is 12.6 Å². The van der Waals surface area contributed by atoms with Crippen molar-refractivity contribution >= 4 is 0 Å². The first-order valence-electron chi connectivity index (χ1n) is 4.41. The van der Waals surface area contributed by atoms with Crippen molar-refractivity contribution in [1.82, 2.24) is 14.8 Å². The summed E-state index contributed by atoms with van der Waals surface area (Å²) in [5.74, 6) is 0. The van der Waals surface area contributed by atoms with E-state index >= 15 is 0 Å². The molecule has 0 fully saturated rings. The number of hydrogen-bond donors (Lipinski definition) is 1. The smallest absolute Gasteiger partial charge is 0.119 e. The van der Waals surface area contributed by atoms with Gasteiger partial charge in [0, 0.05) is 0 Å². The monoisotopic (exact) mass is 189 g/mol. The molecule has 2 rings (SSSR count). The molecule has 0 aliphatic heterocycles. The highest BCUT2D eigenvalue weighted by molar-refractivity contribution is 5.19. The molecule has 0 aliphatic rings. The fraction of sp³-hybridized carbons (Fsp3) is 0.200. The summed E-state index contributed by atoms with van der Waals surface area (Å²) in [7, 11) is 0. The van der Waals surface area contributed by atoms with Crippen LogP contribution in [0.2, 0.25) is 0 Å². The molecular weight excluding hydrogens is 178 g/mol. The van der Waals surface area contributed by atoms with Crippen LogP contribution in [0, 0.1) is 0 Å². The van der Waals surface area contributed by atoms with Crippen molar-refractivity contribution in [1.29, 1.82) is 0 Å². The normalized spacial score (nSPS) is 12.6. The Morgan fingerprint density at radius 3 is 2.36 bits per heavy atom. The topological polar surface area (TPSA) is 50.9 Å². The minimum atomic E-state index is -0.0915. The van der Waals surface area contributed by atoms with Gasteiger partial charge in [0.25, 0.3) is 0 Å². The molecule has 1 aromatic heterocycles. The van der Waals surface area contributed by atoms with Crippen molar-refractivity contribution in [3.05, 3.63) is 48.5 Å². The maximum atomic E-state index is 9.27. The van der Waals surface area contributed by atoms with E-state index in [1.54, 1.807) is 17.2 Å². The minimum Gasteiger partial charge on any atom is -0.394 e. The van der Waals surface area contributed by atoms with E-state index in [0.717, 1.165) is 5.56 Å². The van der Waals surface area contributed by atoms with Crippen LogP contribution in [-0.2, 0) is 0 Å². The molecule has 0 bridgehead atoms. The summed E-state index contributed by atoms with van der Waals surface area (Å²) >= 11 is 0. The second-order valence-corrected chi connectivity index (χ2v) is 3.02. The van der Waals surface area contributed by atoms with Gasteiger partial charge in [-0.25, -0.2) is 0 Å². The first-order chi connectivity index (χ1) is 6.92. The number of nitrogens with zero attached hydrogens (tertiary/aromatic N) is 3. The van der Waals surface area contributed by atoms with Crippen molar-refractivity contribution in [3.8, 4) is 0 Å². The Hall–Kier alpha value is -1.68. The van der Waals surface area contributed by atoms with Gasteiger partial charge in [-0.05, 0) is 5.56 Å². The minimum absolute atomic E-state index is 0.0437. The standard InChI is InChI=1S/C10H11N3O/c14-6-10(13-7-11-12-8-13)9-4-2-1-3-5-9/h1-5,7-8,10,14H,6H2/t10-/m0/s1. The average Bonchev–Trinajstić information content (AvgIpc) is 2.74. The van der Waals surface area contributed by atoms with Crippen LogP contribution in [0.1, 0.15) is 11.6 Å². The third-order valence-electron chi connectivity index (χ3n) is 2.15. The van der Waals surface area contributed by atoms with Crippen LogP contribution < -0.4 is 0 Å². The summed E-state index contributed by atoms with van der Waals surface area (Å²) in [6.45, 7) is 0.0437. The number of benzene rings is 1. The summed E-state index contributed by atoms with van der Waals surface area (Å²) in [6.07, 6.45) is 3.21. The van der Waals surface area contributed by atoms with Gasteiger partial charge >= 0.3 is 0 Å². The summed E-state index contributed by atoms with van der Waals surface area (Å²) in [5, 5.41) is 16.7. The van der Waals surface area contributed by atoms with Crippen LogP contribution in [0.15, 0.2) is 43.0 Å². The van der Waals surface area contributed by atoms with E-state index < -0.39 is 0 Å². The van der Waals surface area contributed by atoms with Gasteiger partial charge in [0.1, 0.15) is 12.7 Å². The lowest BCUT2D eigenvalue weighted by molar-refractivity contribution is 0.249. The Morgan fingerprint density at radius 2 is 1.79 bits per heavy atom. The lowest BCUT2D eigenvalue weighted by Gasteiger charge is -2.14. The zero-order valence-electron chi connectivity index (χ0n) is 7.61. The van der Waals surface area contributed by atoms with Crippen molar-refractivity contribution in [2.24, 2.45) is 0 Å². The summed E-state index contributed by atoms with van der Waals surface area (Å²) in [4.78, 5) is 0. The molecule has 0 aliphatic carbocycles. The summed E-state index contributed by atoms with van der Waals surface area (Å²) < 4.78 is 1.79. The van der Waals surface area contributed by atoms with Crippen LogP contribution in [0.3, 0.4) is 0 Å². The molecule has 14 heavy (non-hydrogen) atoms. The van der Waals surface area contributed by atoms with Crippen molar-refractivity contribution < 1.29 is 5.11 Å². The van der Waals surface area contributed by atoms with Crippen molar-refractivity contribution in [3.63, 3.8) is 0 Å². The van der Waals surface area contributed by atoms with E-state index in [4.69, 9.17) is 0 Å². The quantitative estimate of drug-likeness (QED) is 0.779. The molecule has 0 amide bonds. The zero-order chi connectivity index (χ0) is 9.80. The van der Waals surface area contributed by atoms with Gasteiger partial charge < -0.3 is 9.67 Å². The molecule has 0 spiro atoms. The molecule has 1 atom stereocenters. The van der Waals surface area contributed by atoms with Gasteiger partial charge in [0.2, 0.25) is 0 Å². The first kappa shape index (κ1) is 8.90. The highest BCUT2D eigenvalue weighted by atomic mass is 16.3. The Balaban J connectivity index is 2.31. The molecule has 1 N–H and O–H groups in total. The van der Waals surface area contributed by atoms with Crippen LogP contribution in [0.25, 0.3) is 0 Å². The molecule has 72 valence electrons. The predicted molar refractivity (Wildman–Crippen MR) is 51.7 cm³/mol. The molecule has 1 heterocycles. The molecule has 4 heteroatoms. The average molecular weight is 189 g/mol. The third-order valence-corrected chi connectivity index (χ3v) is 2.15. The SMILES string of the molecule is OC[C@@H](c1ccccc1)n1cnnc1. The Bertz CT molecular complexity index is 372. The van der Waals surface area contributed by atoms with Gasteiger partial charge in [-0.3, -0.25) is 0 Å². The number of aliphatic hydroxyl groups excluding tert-OH is 1. The highest BCUT2D eigenvalue weighted by Gasteiger charge is 2.10. The maximum Gasteiger partial charge on any atom is 0.119 e. The van der Waals surface area contributed by atoms with Crippen LogP contribution in [-0.4, -0.2) is 26.5 Å². The van der Waals surface area contributed by atoms with E-state index in [2.05, 4.69) is 10.2 Å². The van der Waals surface area contributed by atoms with Crippen molar-refractivity contribution in [2.75, 3.05) is 6.61 Å². The van der Waals surface area contributed by atoms with E-state index in [9.17, 15) is 5.11 Å². The zero-order valence-corrected chi connectivity index (χ0v) is 7.61. The summed E-state index contributed by atoms with van der Waals surface area (Å²) in [5.41, 5.74) is 1.05. The van der Waals surface area contributed by atoms with E-state index in [0.29, 0.717) is 0 Å². The van der Waals surface area contributed by atoms with E-state index in [1.165, 1.54) is 0 Å². The lowest BCUT2D eigenvalue weighted by Crippen LogP contribution is -2.12. The molecule has 1 aromatic carbocycles. The molecule has 0 saturated heterocycles. The Morgan fingerprint density at radius 1 is 1.14 bits per heavy atom. The second-order valence-electron chi connectivity index (χ2n) is 3.02. The molecule has 4 nitrogen and oxygen atoms in total. The number of aromatic nitrogens is 3. The van der Waals surface area contributed by atoms with Gasteiger partial charge in [0.15, 0.2) is 0 Å². The number of rotatable bonds is 3. The van der Waals surface area contributed by atoms with E-state index in [1.807, 2.05) is 30.3 Å². The van der Waals surface area contributed by atoms with Crippen LogP contribution in [0.4, 0.5) is 0 Å². The second kappa shape index (κ2) is 4.02. The molecule has 0 radical (unpaired) electrons. The van der Waals surface area contributed by atoms with Gasteiger partial charge in [-0.15, -0.1) is 10.2 Å². The number of hydrogen-bond acceptors (Lipinski definition) is 3. The highest BCUT2D eigenvalue weighted by Crippen LogP contribution is 2.15. The predicted octanol–water partition coefficient (Wildman–Crippen LogP) is 0.860. The lowest BCUT2D eigenvalue weighted by atomic mass is 10.1.